The predicted molar refractivity (Wildman–Crippen MR) is 75.7 cm³/mol. The highest BCUT2D eigenvalue weighted by Gasteiger charge is 2.14. The van der Waals surface area contributed by atoms with E-state index in [4.69, 9.17) is 23.2 Å². The van der Waals surface area contributed by atoms with Crippen LogP contribution in [0.5, 0.6) is 0 Å². The Labute approximate surface area is 119 Å². The standard InChI is InChI=1S/C12H8Cl2O2S2/c13-9-1-5-11(6-2-9)17(15)18(16)12-7-3-10(14)4-8-12/h1-8H/t17-,18-/m1/s1. The molecule has 6 heteroatoms. The maximum atomic E-state index is 12.1. The summed E-state index contributed by atoms with van der Waals surface area (Å²) in [5.74, 6) is 0. The van der Waals surface area contributed by atoms with Gasteiger partial charge in [0.25, 0.3) is 0 Å². The van der Waals surface area contributed by atoms with Gasteiger partial charge in [-0.2, -0.15) is 0 Å². The molecule has 0 aliphatic carbocycles. The van der Waals surface area contributed by atoms with Crippen molar-refractivity contribution in [2.24, 2.45) is 0 Å². The van der Waals surface area contributed by atoms with Gasteiger partial charge in [-0.05, 0) is 48.5 Å². The fraction of sp³-hybridized carbons (Fsp3) is 0. The Hall–Kier alpha value is -0.680. The smallest absolute Gasteiger partial charge is 0.148 e. The van der Waals surface area contributed by atoms with E-state index in [0.29, 0.717) is 19.8 Å². The van der Waals surface area contributed by atoms with Gasteiger partial charge < -0.3 is 0 Å². The fourth-order valence-electron chi connectivity index (χ4n) is 1.27. The van der Waals surface area contributed by atoms with E-state index in [2.05, 4.69) is 0 Å². The molecule has 0 bridgehead atoms. The molecule has 0 aliphatic heterocycles. The predicted octanol–water partition coefficient (Wildman–Crippen LogP) is 3.82. The molecule has 0 spiro atoms. The second-order valence-electron chi connectivity index (χ2n) is 3.38. The number of halogens is 2. The quantitative estimate of drug-likeness (QED) is 0.806. The van der Waals surface area contributed by atoms with Crippen LogP contribution in [0, 0.1) is 0 Å². The van der Waals surface area contributed by atoms with Gasteiger partial charge in [-0.3, -0.25) is 0 Å². The zero-order chi connectivity index (χ0) is 13.1. The number of hydrogen-bond donors (Lipinski definition) is 0. The highest BCUT2D eigenvalue weighted by atomic mass is 35.5. The van der Waals surface area contributed by atoms with Crippen molar-refractivity contribution in [2.75, 3.05) is 0 Å². The number of hydrogen-bond acceptors (Lipinski definition) is 2. The molecule has 0 saturated carbocycles. The van der Waals surface area contributed by atoms with Gasteiger partial charge in [-0.15, -0.1) is 0 Å². The largest absolute Gasteiger partial charge is 0.240 e. The summed E-state index contributed by atoms with van der Waals surface area (Å²) < 4.78 is 24.2. The van der Waals surface area contributed by atoms with Crippen LogP contribution in [0.15, 0.2) is 58.3 Å². The van der Waals surface area contributed by atoms with Crippen molar-refractivity contribution in [3.8, 4) is 0 Å². The Balaban J connectivity index is 2.26. The summed E-state index contributed by atoms with van der Waals surface area (Å²) in [6, 6.07) is 12.9. The second-order valence-corrected chi connectivity index (χ2v) is 7.95. The number of benzene rings is 2. The third kappa shape index (κ3) is 3.20. The Kier molecular flexibility index (Phi) is 4.56. The van der Waals surface area contributed by atoms with E-state index >= 15 is 0 Å². The average molecular weight is 319 g/mol. The second kappa shape index (κ2) is 5.97. The van der Waals surface area contributed by atoms with E-state index in [1.807, 2.05) is 0 Å². The highest BCUT2D eigenvalue weighted by Crippen LogP contribution is 2.20. The summed E-state index contributed by atoms with van der Waals surface area (Å²) >= 11 is 11.5. The summed E-state index contributed by atoms with van der Waals surface area (Å²) in [6.45, 7) is 0. The van der Waals surface area contributed by atoms with Gasteiger partial charge in [0.2, 0.25) is 0 Å². The molecule has 0 unspecified atom stereocenters. The molecule has 0 N–H and O–H groups in total. The van der Waals surface area contributed by atoms with Gasteiger partial charge in [-0.1, -0.05) is 23.2 Å². The Morgan fingerprint density at radius 2 is 0.889 bits per heavy atom. The van der Waals surface area contributed by atoms with Crippen LogP contribution in [0.2, 0.25) is 10.0 Å². The van der Waals surface area contributed by atoms with Crippen LogP contribution in [-0.4, -0.2) is 8.42 Å². The van der Waals surface area contributed by atoms with E-state index in [9.17, 15) is 8.42 Å². The molecule has 2 aromatic rings. The topological polar surface area (TPSA) is 34.1 Å². The van der Waals surface area contributed by atoms with Crippen LogP contribution in [0.1, 0.15) is 0 Å². The first-order valence-corrected chi connectivity index (χ1v) is 8.50. The van der Waals surface area contributed by atoms with Crippen molar-refractivity contribution >= 4 is 42.9 Å². The molecule has 0 fully saturated rings. The first-order valence-electron chi connectivity index (χ1n) is 4.93. The first-order chi connectivity index (χ1) is 8.58. The molecular formula is C12H8Cl2O2S2. The van der Waals surface area contributed by atoms with Crippen molar-refractivity contribution in [3.63, 3.8) is 0 Å². The summed E-state index contributed by atoms with van der Waals surface area (Å²) in [5.41, 5.74) is 0. The van der Waals surface area contributed by atoms with Crippen LogP contribution in [0.25, 0.3) is 0 Å². The van der Waals surface area contributed by atoms with Crippen LogP contribution >= 0.6 is 23.2 Å². The lowest BCUT2D eigenvalue weighted by Gasteiger charge is -2.02. The van der Waals surface area contributed by atoms with Gasteiger partial charge in [-0.25, -0.2) is 8.42 Å². The molecule has 0 amide bonds. The van der Waals surface area contributed by atoms with E-state index < -0.39 is 19.7 Å². The van der Waals surface area contributed by atoms with Gasteiger partial charge in [0.1, 0.15) is 19.7 Å². The van der Waals surface area contributed by atoms with Gasteiger partial charge in [0, 0.05) is 10.0 Å². The van der Waals surface area contributed by atoms with E-state index in [0.717, 1.165) is 0 Å². The van der Waals surface area contributed by atoms with Crippen LogP contribution in [0.3, 0.4) is 0 Å². The normalized spacial score (nSPS) is 14.1. The minimum absolute atomic E-state index is 0.479. The first kappa shape index (κ1) is 13.7. The zero-order valence-corrected chi connectivity index (χ0v) is 12.2. The Morgan fingerprint density at radius 3 is 1.17 bits per heavy atom. The molecule has 2 aromatic carbocycles. The van der Waals surface area contributed by atoms with E-state index in [1.54, 1.807) is 48.5 Å². The van der Waals surface area contributed by atoms with Crippen molar-refractivity contribution in [1.82, 2.24) is 0 Å². The average Bonchev–Trinajstić information content (AvgIpc) is 2.39. The SMILES string of the molecule is O=[S@@](c1ccc(Cl)cc1)[S@@](=O)c1ccc(Cl)cc1. The summed E-state index contributed by atoms with van der Waals surface area (Å²) in [7, 11) is -3.25. The minimum atomic E-state index is -1.62. The lowest BCUT2D eigenvalue weighted by atomic mass is 10.4. The van der Waals surface area contributed by atoms with Gasteiger partial charge in [0.05, 0.1) is 9.79 Å². The molecule has 18 heavy (non-hydrogen) atoms. The van der Waals surface area contributed by atoms with Crippen molar-refractivity contribution in [3.05, 3.63) is 58.6 Å². The zero-order valence-electron chi connectivity index (χ0n) is 9.01. The van der Waals surface area contributed by atoms with E-state index in [-0.39, 0.29) is 0 Å². The molecule has 0 radical (unpaired) electrons. The molecule has 2 atom stereocenters. The molecule has 0 heterocycles. The van der Waals surface area contributed by atoms with Gasteiger partial charge in [0.15, 0.2) is 0 Å². The monoisotopic (exact) mass is 318 g/mol. The molecule has 0 aromatic heterocycles. The lowest BCUT2D eigenvalue weighted by molar-refractivity contribution is 0.677. The third-order valence-electron chi connectivity index (χ3n) is 2.15. The summed E-state index contributed by atoms with van der Waals surface area (Å²) in [5, 5.41) is 1.10. The van der Waals surface area contributed by atoms with E-state index in [1.165, 1.54) is 0 Å². The molecule has 2 rings (SSSR count). The molecule has 94 valence electrons. The molecule has 2 nitrogen and oxygen atoms in total. The third-order valence-corrected chi connectivity index (χ3v) is 6.22. The molecular weight excluding hydrogens is 311 g/mol. The number of rotatable bonds is 3. The highest BCUT2D eigenvalue weighted by molar-refractivity contribution is 8.61. The van der Waals surface area contributed by atoms with Crippen LogP contribution < -0.4 is 0 Å². The minimum Gasteiger partial charge on any atom is -0.240 e. The molecule has 0 aliphatic rings. The van der Waals surface area contributed by atoms with Crippen LogP contribution in [0.4, 0.5) is 0 Å². The summed E-state index contributed by atoms with van der Waals surface area (Å²) in [4.78, 5) is 0.959. The fourth-order valence-corrected chi connectivity index (χ4v) is 4.30. The Morgan fingerprint density at radius 1 is 0.611 bits per heavy atom. The van der Waals surface area contributed by atoms with Gasteiger partial charge >= 0.3 is 0 Å². The van der Waals surface area contributed by atoms with Crippen molar-refractivity contribution in [1.29, 1.82) is 0 Å². The van der Waals surface area contributed by atoms with Crippen molar-refractivity contribution < 1.29 is 8.42 Å². The maximum Gasteiger partial charge on any atom is 0.148 e. The Bertz CT molecular complexity index is 539. The van der Waals surface area contributed by atoms with Crippen molar-refractivity contribution in [2.45, 2.75) is 9.79 Å². The van der Waals surface area contributed by atoms with Crippen LogP contribution in [-0.2, 0) is 19.7 Å². The summed E-state index contributed by atoms with van der Waals surface area (Å²) in [6.07, 6.45) is 0. The molecule has 0 saturated heterocycles. The lowest BCUT2D eigenvalue weighted by Crippen LogP contribution is -2.01. The maximum absolute atomic E-state index is 12.1.